The van der Waals surface area contributed by atoms with Crippen LogP contribution in [0, 0.1) is 20.9 Å². The molecule has 2 heteroatoms. The molecule has 1 aliphatic rings. The van der Waals surface area contributed by atoms with Crippen molar-refractivity contribution in [2.75, 3.05) is 0 Å². The standard InChI is InChI=1S/C25H26O.C10H13.2CH3.Ti/c1-24(2,3)17-11-13-23(26)20(15-17)16-10-12-19-18-8-6-7-9-21(18)25(4,5)22(19)14-16;1-10(2,3)9-7-5-4-6-8-9;;;/h6-15,26H,1-5H3;5-8H,1-3H3;2*1H3;/q;3*-1;+3. The van der Waals surface area contributed by atoms with Crippen LogP contribution in [0.25, 0.3) is 22.3 Å². The first-order valence-electron chi connectivity index (χ1n) is 12.8. The number of hydrogen-bond donors (Lipinski definition) is 1. The van der Waals surface area contributed by atoms with Gasteiger partial charge in [0.05, 0.1) is 0 Å². The molecule has 39 heavy (non-hydrogen) atoms. The first-order chi connectivity index (χ1) is 16.8. The molecular formula is C37H45OTi. The summed E-state index contributed by atoms with van der Waals surface area (Å²) in [6.45, 7) is 17.8. The van der Waals surface area contributed by atoms with Crippen molar-refractivity contribution in [2.45, 2.75) is 71.6 Å². The largest absolute Gasteiger partial charge is 3.00 e. The second-order valence-electron chi connectivity index (χ2n) is 12.5. The smallest absolute Gasteiger partial charge is 0.507 e. The van der Waals surface area contributed by atoms with E-state index in [1.165, 1.54) is 33.4 Å². The van der Waals surface area contributed by atoms with Crippen molar-refractivity contribution in [3.8, 4) is 28.0 Å². The van der Waals surface area contributed by atoms with Gasteiger partial charge in [0, 0.05) is 11.0 Å². The van der Waals surface area contributed by atoms with Gasteiger partial charge < -0.3 is 20.0 Å². The zero-order valence-corrected chi connectivity index (χ0v) is 27.1. The summed E-state index contributed by atoms with van der Waals surface area (Å²) in [4.78, 5) is 0. The molecule has 0 spiro atoms. The van der Waals surface area contributed by atoms with Gasteiger partial charge in [-0.3, -0.25) is 0 Å². The topological polar surface area (TPSA) is 20.2 Å². The van der Waals surface area contributed by atoms with Gasteiger partial charge in [-0.2, -0.15) is 35.9 Å². The molecule has 0 aliphatic heterocycles. The number of phenolic OH excluding ortho intramolecular Hbond substituents is 1. The maximum atomic E-state index is 10.5. The van der Waals surface area contributed by atoms with Crippen LogP contribution in [0.5, 0.6) is 5.75 Å². The molecule has 1 radical (unpaired) electrons. The Morgan fingerprint density at radius 3 is 1.74 bits per heavy atom. The molecule has 0 fully saturated rings. The maximum Gasteiger partial charge on any atom is 3.00 e. The Labute approximate surface area is 253 Å². The summed E-state index contributed by atoms with van der Waals surface area (Å²) in [7, 11) is 0. The van der Waals surface area contributed by atoms with E-state index in [2.05, 4.69) is 122 Å². The number of aromatic hydroxyl groups is 1. The second kappa shape index (κ2) is 12.7. The van der Waals surface area contributed by atoms with Crippen molar-refractivity contribution in [3.63, 3.8) is 0 Å². The Hall–Kier alpha value is -2.61. The summed E-state index contributed by atoms with van der Waals surface area (Å²) < 4.78 is 0. The van der Waals surface area contributed by atoms with Crippen LogP contribution in [0.4, 0.5) is 0 Å². The van der Waals surface area contributed by atoms with Gasteiger partial charge in [-0.15, -0.1) is 0 Å². The van der Waals surface area contributed by atoms with E-state index in [4.69, 9.17) is 0 Å². The molecule has 0 unspecified atom stereocenters. The van der Waals surface area contributed by atoms with Gasteiger partial charge in [0.15, 0.2) is 0 Å². The molecule has 5 rings (SSSR count). The van der Waals surface area contributed by atoms with Crippen LogP contribution in [-0.4, -0.2) is 5.11 Å². The molecule has 203 valence electrons. The van der Waals surface area contributed by atoms with Gasteiger partial charge in [0.1, 0.15) is 5.75 Å². The molecule has 0 aromatic heterocycles. The van der Waals surface area contributed by atoms with Crippen LogP contribution in [-0.2, 0) is 38.0 Å². The molecular weight excluding hydrogens is 508 g/mol. The van der Waals surface area contributed by atoms with Gasteiger partial charge in [0.2, 0.25) is 0 Å². The van der Waals surface area contributed by atoms with Crippen molar-refractivity contribution < 1.29 is 26.8 Å². The van der Waals surface area contributed by atoms with Gasteiger partial charge in [-0.1, -0.05) is 97.9 Å². The van der Waals surface area contributed by atoms with Gasteiger partial charge in [-0.25, -0.2) is 0 Å². The van der Waals surface area contributed by atoms with E-state index >= 15 is 0 Å². The van der Waals surface area contributed by atoms with E-state index < -0.39 is 0 Å². The molecule has 0 atom stereocenters. The van der Waals surface area contributed by atoms with E-state index in [9.17, 15) is 5.11 Å². The SMILES string of the molecule is CC(C)(C)c1cc[c-]cc1.CC(C)(C)c1ccc(O)c(-c2ccc3c(c2)C(C)(C)c2ccccc2-3)c1.[CH3-].[CH3-].[Ti+3]. The molecule has 4 aromatic carbocycles. The van der Waals surface area contributed by atoms with Crippen molar-refractivity contribution in [1.29, 1.82) is 0 Å². The number of phenols is 1. The Morgan fingerprint density at radius 1 is 0.615 bits per heavy atom. The van der Waals surface area contributed by atoms with Gasteiger partial charge in [-0.05, 0) is 62.4 Å². The van der Waals surface area contributed by atoms with Crippen LogP contribution in [0.2, 0.25) is 0 Å². The average molecular weight is 554 g/mol. The minimum atomic E-state index is -0.0286. The first kappa shape index (κ1) is 34.4. The average Bonchev–Trinajstić information content (AvgIpc) is 3.06. The van der Waals surface area contributed by atoms with E-state index in [0.717, 1.165) is 11.1 Å². The van der Waals surface area contributed by atoms with E-state index in [0.29, 0.717) is 5.75 Å². The monoisotopic (exact) mass is 553 g/mol. The minimum absolute atomic E-state index is 0. The zero-order chi connectivity index (χ0) is 26.3. The third kappa shape index (κ3) is 7.13. The molecule has 0 bridgehead atoms. The summed E-state index contributed by atoms with van der Waals surface area (Å²) >= 11 is 0. The molecule has 1 N–H and O–H groups in total. The minimum Gasteiger partial charge on any atom is -0.507 e. The molecule has 1 aliphatic carbocycles. The summed E-state index contributed by atoms with van der Waals surface area (Å²) in [6, 6.07) is 32.4. The molecule has 0 heterocycles. The van der Waals surface area contributed by atoms with E-state index in [-0.39, 0.29) is 52.8 Å². The summed E-state index contributed by atoms with van der Waals surface area (Å²) in [6.07, 6.45) is 0. The van der Waals surface area contributed by atoms with Crippen molar-refractivity contribution >= 4 is 0 Å². The molecule has 4 aromatic rings. The number of benzene rings is 4. The molecule has 0 saturated carbocycles. The van der Waals surface area contributed by atoms with Crippen molar-refractivity contribution in [1.82, 2.24) is 0 Å². The molecule has 1 nitrogen and oxygen atoms in total. The van der Waals surface area contributed by atoms with Gasteiger partial charge in [0.25, 0.3) is 0 Å². The van der Waals surface area contributed by atoms with Gasteiger partial charge >= 0.3 is 21.7 Å². The number of rotatable bonds is 1. The number of fused-ring (bicyclic) bond motifs is 3. The normalized spacial score (nSPS) is 12.8. The van der Waals surface area contributed by atoms with E-state index in [1.54, 1.807) is 0 Å². The predicted molar refractivity (Wildman–Crippen MR) is 167 cm³/mol. The van der Waals surface area contributed by atoms with Crippen molar-refractivity contribution in [2.24, 2.45) is 0 Å². The zero-order valence-electron chi connectivity index (χ0n) is 25.5. The Bertz CT molecular complexity index is 1370. The van der Waals surface area contributed by atoms with Crippen LogP contribution in [0.15, 0.2) is 84.9 Å². The maximum absolute atomic E-state index is 10.5. The third-order valence-electron chi connectivity index (χ3n) is 7.34. The Morgan fingerprint density at radius 2 is 1.18 bits per heavy atom. The Kier molecular flexibility index (Phi) is 11.2. The van der Waals surface area contributed by atoms with Crippen molar-refractivity contribution in [3.05, 3.63) is 128 Å². The fourth-order valence-corrected chi connectivity index (χ4v) is 4.99. The second-order valence-corrected chi connectivity index (χ2v) is 12.5. The van der Waals surface area contributed by atoms with E-state index in [1.807, 2.05) is 24.3 Å². The fourth-order valence-electron chi connectivity index (χ4n) is 4.99. The summed E-state index contributed by atoms with van der Waals surface area (Å²) in [5, 5.41) is 10.5. The van der Waals surface area contributed by atoms with Crippen LogP contribution in [0.1, 0.15) is 77.6 Å². The van der Waals surface area contributed by atoms with Crippen LogP contribution < -0.4 is 0 Å². The summed E-state index contributed by atoms with van der Waals surface area (Å²) in [5.74, 6) is 0.339. The number of hydrogen-bond acceptors (Lipinski definition) is 1. The predicted octanol–water partition coefficient (Wildman–Crippen LogP) is 10.3. The third-order valence-corrected chi connectivity index (χ3v) is 7.34. The summed E-state index contributed by atoms with van der Waals surface area (Å²) in [5.41, 5.74) is 10.2. The molecule has 0 amide bonds. The Balaban J connectivity index is 0.000000502. The molecule has 0 saturated heterocycles. The van der Waals surface area contributed by atoms with Crippen LogP contribution in [0.3, 0.4) is 0 Å². The fraction of sp³-hybridized carbons (Fsp3) is 0.297. The van der Waals surface area contributed by atoms with Crippen LogP contribution >= 0.6 is 0 Å². The quantitative estimate of drug-likeness (QED) is 0.184. The first-order valence-corrected chi connectivity index (χ1v) is 12.8.